The van der Waals surface area contributed by atoms with Crippen LogP contribution in [0.3, 0.4) is 0 Å². The summed E-state index contributed by atoms with van der Waals surface area (Å²) in [5.41, 5.74) is 0. The molecular formula is C10H16N2O2. The number of nitrogens with one attached hydrogen (secondary N) is 2. The topological polar surface area (TPSA) is 54.3 Å². The lowest BCUT2D eigenvalue weighted by Crippen LogP contribution is -2.14. The Morgan fingerprint density at radius 3 is 2.86 bits per heavy atom. The zero-order valence-electron chi connectivity index (χ0n) is 8.59. The fourth-order valence-corrected chi connectivity index (χ4v) is 1.13. The molecule has 1 rings (SSSR count). The lowest BCUT2D eigenvalue weighted by Gasteiger charge is -2.01. The fraction of sp³-hybridized carbons (Fsp3) is 0.500. The summed E-state index contributed by atoms with van der Waals surface area (Å²) >= 11 is 0. The molecule has 0 saturated heterocycles. The molecule has 4 nitrogen and oxygen atoms in total. The number of amides is 1. The summed E-state index contributed by atoms with van der Waals surface area (Å²) in [5.74, 6) is 1.32. The van der Waals surface area contributed by atoms with E-state index in [1.807, 2.05) is 20.0 Å². The quantitative estimate of drug-likeness (QED) is 0.702. The fourth-order valence-electron chi connectivity index (χ4n) is 1.13. The van der Waals surface area contributed by atoms with E-state index in [4.69, 9.17) is 4.42 Å². The van der Waals surface area contributed by atoms with Crippen LogP contribution >= 0.6 is 0 Å². The maximum atomic E-state index is 11.3. The van der Waals surface area contributed by atoms with Crippen molar-refractivity contribution in [2.24, 2.45) is 0 Å². The molecule has 1 heterocycles. The largest absolute Gasteiger partial charge is 0.446 e. The third-order valence-corrected chi connectivity index (χ3v) is 1.83. The number of carbonyl (C=O) groups excluding carboxylic acids is 1. The van der Waals surface area contributed by atoms with Gasteiger partial charge in [-0.15, -0.1) is 0 Å². The molecular weight excluding hydrogens is 180 g/mol. The van der Waals surface area contributed by atoms with Crippen LogP contribution in [0.25, 0.3) is 0 Å². The van der Waals surface area contributed by atoms with E-state index < -0.39 is 0 Å². The molecule has 0 aliphatic heterocycles. The Balaban J connectivity index is 2.27. The van der Waals surface area contributed by atoms with Crippen molar-refractivity contribution in [3.8, 4) is 0 Å². The normalized spacial score (nSPS) is 10.1. The van der Waals surface area contributed by atoms with Crippen LogP contribution in [0.15, 0.2) is 16.5 Å². The second-order valence-electron chi connectivity index (χ2n) is 3.17. The van der Waals surface area contributed by atoms with E-state index in [2.05, 4.69) is 10.6 Å². The molecule has 0 spiro atoms. The zero-order valence-corrected chi connectivity index (χ0v) is 8.59. The Kier molecular flexibility index (Phi) is 4.19. The van der Waals surface area contributed by atoms with Crippen molar-refractivity contribution in [3.05, 3.63) is 17.9 Å². The molecule has 0 aromatic carbocycles. The van der Waals surface area contributed by atoms with Gasteiger partial charge in [-0.25, -0.2) is 0 Å². The third-order valence-electron chi connectivity index (χ3n) is 1.83. The predicted molar refractivity (Wildman–Crippen MR) is 55.2 cm³/mol. The zero-order chi connectivity index (χ0) is 10.4. The van der Waals surface area contributed by atoms with Gasteiger partial charge in [0.05, 0.1) is 0 Å². The Hall–Kier alpha value is -1.29. The van der Waals surface area contributed by atoms with Gasteiger partial charge in [0.15, 0.2) is 5.88 Å². The van der Waals surface area contributed by atoms with Crippen molar-refractivity contribution in [2.45, 2.75) is 19.8 Å². The summed E-state index contributed by atoms with van der Waals surface area (Å²) in [7, 11) is 1.87. The minimum Gasteiger partial charge on any atom is -0.446 e. The van der Waals surface area contributed by atoms with Crippen molar-refractivity contribution >= 4 is 11.8 Å². The first-order chi connectivity index (χ1) is 6.72. The summed E-state index contributed by atoms with van der Waals surface area (Å²) in [4.78, 5) is 11.3. The van der Waals surface area contributed by atoms with Crippen LogP contribution in [0.2, 0.25) is 0 Å². The molecule has 0 aliphatic rings. The molecule has 0 atom stereocenters. The standard InChI is InChI=1S/C10H16N2O2/c1-8-5-6-10(14-8)12-9(13)4-3-7-11-2/h5-6,11H,3-4,7H2,1-2H3,(H,12,13). The second-order valence-corrected chi connectivity index (χ2v) is 3.17. The van der Waals surface area contributed by atoms with E-state index in [0.717, 1.165) is 18.7 Å². The van der Waals surface area contributed by atoms with Crippen molar-refractivity contribution in [3.63, 3.8) is 0 Å². The van der Waals surface area contributed by atoms with Crippen LogP contribution in [0.4, 0.5) is 5.88 Å². The van der Waals surface area contributed by atoms with Crippen LogP contribution in [0.5, 0.6) is 0 Å². The summed E-state index contributed by atoms with van der Waals surface area (Å²) in [5, 5.41) is 5.68. The minimum absolute atomic E-state index is 0.00500. The number of hydrogen-bond donors (Lipinski definition) is 2. The molecule has 0 radical (unpaired) electrons. The third kappa shape index (κ3) is 3.62. The Bertz CT molecular complexity index is 294. The number of furan rings is 1. The van der Waals surface area contributed by atoms with Gasteiger partial charge < -0.3 is 9.73 Å². The lowest BCUT2D eigenvalue weighted by molar-refractivity contribution is -0.116. The van der Waals surface area contributed by atoms with Gasteiger partial charge in [-0.1, -0.05) is 0 Å². The monoisotopic (exact) mass is 196 g/mol. The number of carbonyl (C=O) groups is 1. The number of aryl methyl sites for hydroxylation is 1. The maximum absolute atomic E-state index is 11.3. The Labute approximate surface area is 83.7 Å². The van der Waals surface area contributed by atoms with E-state index in [1.165, 1.54) is 0 Å². The van der Waals surface area contributed by atoms with Crippen molar-refractivity contribution in [2.75, 3.05) is 18.9 Å². The molecule has 2 N–H and O–H groups in total. The maximum Gasteiger partial charge on any atom is 0.226 e. The van der Waals surface area contributed by atoms with Crippen LogP contribution in [-0.2, 0) is 4.79 Å². The van der Waals surface area contributed by atoms with Crippen LogP contribution < -0.4 is 10.6 Å². The summed E-state index contributed by atoms with van der Waals surface area (Å²) < 4.78 is 5.21. The molecule has 1 aromatic rings. The van der Waals surface area contributed by atoms with E-state index in [9.17, 15) is 4.79 Å². The molecule has 1 amide bonds. The van der Waals surface area contributed by atoms with E-state index in [1.54, 1.807) is 6.07 Å². The lowest BCUT2D eigenvalue weighted by atomic mass is 10.3. The Morgan fingerprint density at radius 2 is 2.29 bits per heavy atom. The number of rotatable bonds is 5. The van der Waals surface area contributed by atoms with Gasteiger partial charge in [0, 0.05) is 12.5 Å². The van der Waals surface area contributed by atoms with E-state index in [0.29, 0.717) is 12.3 Å². The molecule has 0 aliphatic carbocycles. The molecule has 14 heavy (non-hydrogen) atoms. The van der Waals surface area contributed by atoms with E-state index >= 15 is 0 Å². The van der Waals surface area contributed by atoms with Gasteiger partial charge in [0.2, 0.25) is 5.91 Å². The van der Waals surface area contributed by atoms with Crippen LogP contribution in [0.1, 0.15) is 18.6 Å². The highest BCUT2D eigenvalue weighted by molar-refractivity contribution is 5.89. The second kappa shape index (κ2) is 5.44. The number of anilines is 1. The molecule has 0 unspecified atom stereocenters. The van der Waals surface area contributed by atoms with Gasteiger partial charge in [-0.2, -0.15) is 0 Å². The van der Waals surface area contributed by atoms with Gasteiger partial charge in [0.25, 0.3) is 0 Å². The summed E-state index contributed by atoms with van der Waals surface area (Å²) in [6.07, 6.45) is 1.35. The molecule has 0 bridgehead atoms. The SMILES string of the molecule is CNCCCC(=O)Nc1ccc(C)o1. The van der Waals surface area contributed by atoms with Crippen LogP contribution in [-0.4, -0.2) is 19.5 Å². The van der Waals surface area contributed by atoms with Gasteiger partial charge in [0.1, 0.15) is 5.76 Å². The molecule has 0 saturated carbocycles. The average Bonchev–Trinajstić information content (AvgIpc) is 2.52. The van der Waals surface area contributed by atoms with Crippen LogP contribution in [0, 0.1) is 6.92 Å². The smallest absolute Gasteiger partial charge is 0.226 e. The molecule has 78 valence electrons. The molecule has 0 fully saturated rings. The first kappa shape index (κ1) is 10.8. The van der Waals surface area contributed by atoms with Crippen molar-refractivity contribution in [1.82, 2.24) is 5.32 Å². The first-order valence-electron chi connectivity index (χ1n) is 4.73. The highest BCUT2D eigenvalue weighted by Gasteiger charge is 2.03. The number of hydrogen-bond acceptors (Lipinski definition) is 3. The highest BCUT2D eigenvalue weighted by Crippen LogP contribution is 2.12. The van der Waals surface area contributed by atoms with Gasteiger partial charge in [-0.05, 0) is 33.0 Å². The Morgan fingerprint density at radius 1 is 1.50 bits per heavy atom. The molecule has 1 aromatic heterocycles. The summed E-state index contributed by atoms with van der Waals surface area (Å²) in [6.45, 7) is 2.70. The average molecular weight is 196 g/mol. The van der Waals surface area contributed by atoms with Gasteiger partial charge in [-0.3, -0.25) is 10.1 Å². The first-order valence-corrected chi connectivity index (χ1v) is 4.73. The molecule has 4 heteroatoms. The summed E-state index contributed by atoms with van der Waals surface area (Å²) in [6, 6.07) is 3.58. The van der Waals surface area contributed by atoms with E-state index in [-0.39, 0.29) is 5.91 Å². The van der Waals surface area contributed by atoms with Crippen molar-refractivity contribution < 1.29 is 9.21 Å². The van der Waals surface area contributed by atoms with Crippen molar-refractivity contribution in [1.29, 1.82) is 0 Å². The minimum atomic E-state index is -0.00500. The van der Waals surface area contributed by atoms with Gasteiger partial charge >= 0.3 is 0 Å². The predicted octanol–water partition coefficient (Wildman–Crippen LogP) is 1.53. The highest BCUT2D eigenvalue weighted by atomic mass is 16.4.